The molecule has 4 nitrogen and oxygen atoms in total. The largest absolute Gasteiger partial charge is 0.455 e. The highest BCUT2D eigenvalue weighted by Gasteiger charge is 2.33. The lowest BCUT2D eigenvalue weighted by Gasteiger charge is -2.31. The van der Waals surface area contributed by atoms with E-state index < -0.39 is 23.6 Å². The number of carbonyl (C=O) groups is 2. The third-order valence-electron chi connectivity index (χ3n) is 3.64. The van der Waals surface area contributed by atoms with Crippen molar-refractivity contribution < 1.29 is 19.1 Å². The van der Waals surface area contributed by atoms with Crippen LogP contribution in [0.2, 0.25) is 0 Å². The quantitative estimate of drug-likeness (QED) is 0.787. The Hall–Kier alpha value is -2.62. The molecule has 0 fully saturated rings. The lowest BCUT2D eigenvalue weighted by molar-refractivity contribution is -0.0720. The number of esters is 2. The van der Waals surface area contributed by atoms with Gasteiger partial charge in [0.2, 0.25) is 0 Å². The molecule has 1 atom stereocenters. The number of hydrogen-bond donors (Lipinski definition) is 0. The fraction of sp³-hybridized carbons (Fsp3) is 0.263. The summed E-state index contributed by atoms with van der Waals surface area (Å²) in [6, 6.07) is 17.4. The van der Waals surface area contributed by atoms with Crippen LogP contribution in [0, 0.1) is 0 Å². The number of carbonyl (C=O) groups excluding carboxylic acids is 2. The van der Waals surface area contributed by atoms with Gasteiger partial charge in [0.25, 0.3) is 0 Å². The van der Waals surface area contributed by atoms with Crippen LogP contribution in [0.1, 0.15) is 41.5 Å². The molecule has 0 aliphatic rings. The van der Waals surface area contributed by atoms with E-state index in [1.165, 1.54) is 0 Å². The fourth-order valence-electron chi connectivity index (χ4n) is 1.90. The standard InChI is InChI=1S/C19H20O4/c1-14(22-17(20)15-10-6-4-7-11-15)19(2,3)23-18(21)16-12-8-5-9-13-16/h4-14H,1-3H3. The highest BCUT2D eigenvalue weighted by atomic mass is 16.6. The lowest BCUT2D eigenvalue weighted by Crippen LogP contribution is -2.42. The van der Waals surface area contributed by atoms with Gasteiger partial charge in [0.05, 0.1) is 11.1 Å². The van der Waals surface area contributed by atoms with Crippen LogP contribution in [0.15, 0.2) is 60.7 Å². The average Bonchev–Trinajstić information content (AvgIpc) is 2.56. The summed E-state index contributed by atoms with van der Waals surface area (Å²) >= 11 is 0. The van der Waals surface area contributed by atoms with Crippen molar-refractivity contribution in [2.75, 3.05) is 0 Å². The smallest absolute Gasteiger partial charge is 0.338 e. The van der Waals surface area contributed by atoms with E-state index in [-0.39, 0.29) is 0 Å². The Balaban J connectivity index is 2.01. The molecule has 0 saturated heterocycles. The van der Waals surface area contributed by atoms with E-state index in [1.54, 1.807) is 69.3 Å². The van der Waals surface area contributed by atoms with Crippen LogP contribution in [-0.2, 0) is 9.47 Å². The summed E-state index contributed by atoms with van der Waals surface area (Å²) < 4.78 is 10.9. The third-order valence-corrected chi connectivity index (χ3v) is 3.64. The molecule has 0 bridgehead atoms. The summed E-state index contributed by atoms with van der Waals surface area (Å²) in [5.74, 6) is -0.889. The Morgan fingerprint density at radius 2 is 1.26 bits per heavy atom. The van der Waals surface area contributed by atoms with Crippen LogP contribution in [0.4, 0.5) is 0 Å². The predicted octanol–water partition coefficient (Wildman–Crippen LogP) is 3.87. The van der Waals surface area contributed by atoms with Crippen molar-refractivity contribution in [3.05, 3.63) is 71.8 Å². The maximum Gasteiger partial charge on any atom is 0.338 e. The molecule has 0 N–H and O–H groups in total. The first-order valence-corrected chi connectivity index (χ1v) is 7.44. The normalized spacial score (nSPS) is 12.3. The van der Waals surface area contributed by atoms with Gasteiger partial charge in [0.1, 0.15) is 11.7 Å². The molecule has 0 spiro atoms. The minimum atomic E-state index is -0.947. The van der Waals surface area contributed by atoms with Gasteiger partial charge in [0, 0.05) is 0 Å². The second-order valence-corrected chi connectivity index (χ2v) is 5.77. The number of benzene rings is 2. The molecule has 2 aromatic rings. The van der Waals surface area contributed by atoms with Crippen LogP contribution in [0.5, 0.6) is 0 Å². The third kappa shape index (κ3) is 4.42. The van der Waals surface area contributed by atoms with Gasteiger partial charge in [-0.25, -0.2) is 9.59 Å². The first-order chi connectivity index (χ1) is 10.9. The first kappa shape index (κ1) is 16.7. The number of rotatable bonds is 5. The van der Waals surface area contributed by atoms with Crippen LogP contribution in [-0.4, -0.2) is 23.6 Å². The van der Waals surface area contributed by atoms with Crippen LogP contribution >= 0.6 is 0 Å². The monoisotopic (exact) mass is 312 g/mol. The van der Waals surface area contributed by atoms with Gasteiger partial charge >= 0.3 is 11.9 Å². The maximum absolute atomic E-state index is 12.2. The molecule has 2 rings (SSSR count). The minimum absolute atomic E-state index is 0.443. The Labute approximate surface area is 136 Å². The molecule has 1 unspecified atom stereocenters. The Morgan fingerprint density at radius 3 is 1.74 bits per heavy atom. The average molecular weight is 312 g/mol. The van der Waals surface area contributed by atoms with Gasteiger partial charge < -0.3 is 9.47 Å². The molecule has 0 heterocycles. The molecule has 0 amide bonds. The van der Waals surface area contributed by atoms with E-state index in [9.17, 15) is 9.59 Å². The zero-order valence-corrected chi connectivity index (χ0v) is 13.5. The van der Waals surface area contributed by atoms with Crippen LogP contribution < -0.4 is 0 Å². The van der Waals surface area contributed by atoms with E-state index in [2.05, 4.69) is 0 Å². The van der Waals surface area contributed by atoms with Gasteiger partial charge in [-0.15, -0.1) is 0 Å². The Bertz CT molecular complexity index is 662. The molecular formula is C19H20O4. The highest BCUT2D eigenvalue weighted by molar-refractivity contribution is 5.90. The maximum atomic E-state index is 12.2. The Kier molecular flexibility index (Phi) is 5.16. The van der Waals surface area contributed by atoms with Gasteiger partial charge in [-0.2, -0.15) is 0 Å². The van der Waals surface area contributed by atoms with Crippen molar-refractivity contribution in [1.82, 2.24) is 0 Å². The molecule has 0 aromatic heterocycles. The van der Waals surface area contributed by atoms with Crippen LogP contribution in [0.25, 0.3) is 0 Å². The molecule has 0 saturated carbocycles. The molecule has 2 aromatic carbocycles. The molecule has 4 heteroatoms. The van der Waals surface area contributed by atoms with E-state index >= 15 is 0 Å². The summed E-state index contributed by atoms with van der Waals surface area (Å²) in [6.07, 6.45) is -0.595. The summed E-state index contributed by atoms with van der Waals surface area (Å²) in [7, 11) is 0. The van der Waals surface area contributed by atoms with E-state index in [0.717, 1.165) is 0 Å². The van der Waals surface area contributed by atoms with Crippen molar-refractivity contribution in [2.45, 2.75) is 32.5 Å². The number of hydrogen-bond acceptors (Lipinski definition) is 4. The zero-order chi connectivity index (χ0) is 16.9. The van der Waals surface area contributed by atoms with Gasteiger partial charge in [-0.3, -0.25) is 0 Å². The van der Waals surface area contributed by atoms with Crippen molar-refractivity contribution in [2.24, 2.45) is 0 Å². The van der Waals surface area contributed by atoms with E-state index in [1.807, 2.05) is 12.1 Å². The van der Waals surface area contributed by atoms with E-state index in [0.29, 0.717) is 11.1 Å². The number of ether oxygens (including phenoxy) is 2. The molecule has 0 aliphatic heterocycles. The topological polar surface area (TPSA) is 52.6 Å². The lowest BCUT2D eigenvalue weighted by atomic mass is 10.0. The summed E-state index contributed by atoms with van der Waals surface area (Å²) in [5.41, 5.74) is -0.0242. The van der Waals surface area contributed by atoms with Crippen molar-refractivity contribution in [1.29, 1.82) is 0 Å². The van der Waals surface area contributed by atoms with Gasteiger partial charge in [-0.05, 0) is 45.0 Å². The molecule has 120 valence electrons. The van der Waals surface area contributed by atoms with Crippen molar-refractivity contribution >= 4 is 11.9 Å². The fourth-order valence-corrected chi connectivity index (χ4v) is 1.90. The summed E-state index contributed by atoms with van der Waals surface area (Å²) in [6.45, 7) is 5.15. The van der Waals surface area contributed by atoms with Crippen molar-refractivity contribution in [3.8, 4) is 0 Å². The second kappa shape index (κ2) is 7.09. The second-order valence-electron chi connectivity index (χ2n) is 5.77. The molecule has 0 radical (unpaired) electrons. The van der Waals surface area contributed by atoms with Gasteiger partial charge in [0.15, 0.2) is 0 Å². The molecular weight excluding hydrogens is 292 g/mol. The summed E-state index contributed by atoms with van der Waals surface area (Å²) in [4.78, 5) is 24.3. The molecule has 0 aliphatic carbocycles. The predicted molar refractivity (Wildman–Crippen MR) is 87.3 cm³/mol. The van der Waals surface area contributed by atoms with Crippen molar-refractivity contribution in [3.63, 3.8) is 0 Å². The molecule has 23 heavy (non-hydrogen) atoms. The first-order valence-electron chi connectivity index (χ1n) is 7.44. The minimum Gasteiger partial charge on any atom is -0.455 e. The highest BCUT2D eigenvalue weighted by Crippen LogP contribution is 2.21. The van der Waals surface area contributed by atoms with Gasteiger partial charge in [-0.1, -0.05) is 36.4 Å². The Morgan fingerprint density at radius 1 is 0.826 bits per heavy atom. The SMILES string of the molecule is CC(OC(=O)c1ccccc1)C(C)(C)OC(=O)c1ccccc1. The zero-order valence-electron chi connectivity index (χ0n) is 13.5. The van der Waals surface area contributed by atoms with Crippen LogP contribution in [0.3, 0.4) is 0 Å². The van der Waals surface area contributed by atoms with E-state index in [4.69, 9.17) is 9.47 Å². The summed E-state index contributed by atoms with van der Waals surface area (Å²) in [5, 5.41) is 0.